The van der Waals surface area contributed by atoms with Crippen molar-refractivity contribution in [3.8, 4) is 0 Å². The normalized spacial score (nSPS) is 21.4. The number of aromatic nitrogens is 2. The summed E-state index contributed by atoms with van der Waals surface area (Å²) in [5, 5.41) is 4.47. The maximum Gasteiger partial charge on any atom is 0.0624 e. The van der Waals surface area contributed by atoms with Gasteiger partial charge in [-0.3, -0.25) is 16.0 Å². The number of nitrogens with one attached hydrogen (secondary N) is 1. The van der Waals surface area contributed by atoms with E-state index in [-0.39, 0.29) is 0 Å². The van der Waals surface area contributed by atoms with Gasteiger partial charge < -0.3 is 4.74 Å². The Hall–Kier alpha value is -0.910. The molecule has 1 aliphatic rings. The van der Waals surface area contributed by atoms with E-state index in [4.69, 9.17) is 10.6 Å². The van der Waals surface area contributed by atoms with Crippen molar-refractivity contribution >= 4 is 0 Å². The third kappa shape index (κ3) is 3.31. The minimum atomic E-state index is 0.303. The highest BCUT2D eigenvalue weighted by molar-refractivity contribution is 5.11. The molecule has 1 saturated heterocycles. The number of hydrogen-bond donors (Lipinski definition) is 2. The Morgan fingerprint density at radius 2 is 2.50 bits per heavy atom. The van der Waals surface area contributed by atoms with Gasteiger partial charge in [0.05, 0.1) is 5.69 Å². The van der Waals surface area contributed by atoms with Gasteiger partial charge in [0.15, 0.2) is 0 Å². The molecule has 0 amide bonds. The number of hydrazine groups is 1. The third-order valence-electron chi connectivity index (χ3n) is 3.72. The summed E-state index contributed by atoms with van der Waals surface area (Å²) in [6, 6.07) is 2.48. The average Bonchev–Trinajstić information content (AvgIpc) is 2.99. The van der Waals surface area contributed by atoms with Crippen LogP contribution in [-0.4, -0.2) is 29.0 Å². The molecular formula is C13H24N4O. The monoisotopic (exact) mass is 252 g/mol. The topological polar surface area (TPSA) is 65.1 Å². The molecule has 2 unspecified atom stereocenters. The van der Waals surface area contributed by atoms with Crippen molar-refractivity contribution in [1.29, 1.82) is 0 Å². The van der Waals surface area contributed by atoms with E-state index < -0.39 is 0 Å². The number of nitrogens with two attached hydrogens (primary N) is 1. The van der Waals surface area contributed by atoms with Crippen LogP contribution in [0.5, 0.6) is 0 Å². The van der Waals surface area contributed by atoms with Gasteiger partial charge in [-0.1, -0.05) is 6.92 Å². The number of aryl methyl sites for hydroxylation is 2. The molecular weight excluding hydrogens is 228 g/mol. The fourth-order valence-electron chi connectivity index (χ4n) is 2.57. The first-order valence-corrected chi connectivity index (χ1v) is 6.78. The molecule has 0 radical (unpaired) electrons. The van der Waals surface area contributed by atoms with Gasteiger partial charge in [-0.15, -0.1) is 0 Å². The van der Waals surface area contributed by atoms with Gasteiger partial charge >= 0.3 is 0 Å². The molecule has 0 saturated carbocycles. The maximum atomic E-state index is 5.67. The minimum Gasteiger partial charge on any atom is -0.381 e. The van der Waals surface area contributed by atoms with Gasteiger partial charge in [0.1, 0.15) is 0 Å². The second kappa shape index (κ2) is 6.31. The van der Waals surface area contributed by atoms with Gasteiger partial charge in [0.2, 0.25) is 0 Å². The van der Waals surface area contributed by atoms with Crippen LogP contribution in [0.15, 0.2) is 6.07 Å². The van der Waals surface area contributed by atoms with Crippen LogP contribution in [0.2, 0.25) is 0 Å². The van der Waals surface area contributed by atoms with Crippen LogP contribution in [0.3, 0.4) is 0 Å². The highest BCUT2D eigenvalue weighted by Crippen LogP contribution is 2.20. The Bertz CT molecular complexity index is 371. The lowest BCUT2D eigenvalue weighted by molar-refractivity contribution is 0.181. The van der Waals surface area contributed by atoms with Gasteiger partial charge in [-0.2, -0.15) is 5.10 Å². The van der Waals surface area contributed by atoms with Gasteiger partial charge in [0, 0.05) is 38.4 Å². The van der Waals surface area contributed by atoms with Crippen molar-refractivity contribution in [2.24, 2.45) is 18.8 Å². The Balaban J connectivity index is 1.93. The molecule has 0 bridgehead atoms. The van der Waals surface area contributed by atoms with Crippen LogP contribution in [0.4, 0.5) is 0 Å². The Labute approximate surface area is 109 Å². The van der Waals surface area contributed by atoms with E-state index in [0.717, 1.165) is 44.6 Å². The van der Waals surface area contributed by atoms with Crippen LogP contribution in [0, 0.1) is 5.92 Å². The first-order chi connectivity index (χ1) is 8.72. The summed E-state index contributed by atoms with van der Waals surface area (Å²) in [6.07, 6.45) is 4.13. The summed E-state index contributed by atoms with van der Waals surface area (Å²) < 4.78 is 7.38. The summed E-state index contributed by atoms with van der Waals surface area (Å²) in [5.41, 5.74) is 5.33. The lowest BCUT2D eigenvalue weighted by Crippen LogP contribution is -2.38. The standard InChI is InChI=1S/C13H24N4O/c1-3-11-7-13(17(2)16-11)8-12(15-14)6-10-4-5-18-9-10/h7,10,12,15H,3-6,8-9,14H2,1-2H3. The van der Waals surface area contributed by atoms with E-state index in [1.165, 1.54) is 5.69 Å². The summed E-state index contributed by atoms with van der Waals surface area (Å²) in [4.78, 5) is 0. The zero-order chi connectivity index (χ0) is 13.0. The highest BCUT2D eigenvalue weighted by Gasteiger charge is 2.21. The molecule has 1 aromatic heterocycles. The van der Waals surface area contributed by atoms with E-state index in [1.807, 2.05) is 11.7 Å². The van der Waals surface area contributed by atoms with E-state index in [9.17, 15) is 0 Å². The van der Waals surface area contributed by atoms with E-state index in [1.54, 1.807) is 0 Å². The smallest absolute Gasteiger partial charge is 0.0624 e. The van der Waals surface area contributed by atoms with E-state index >= 15 is 0 Å². The Morgan fingerprint density at radius 3 is 3.06 bits per heavy atom. The molecule has 1 aromatic rings. The van der Waals surface area contributed by atoms with Gasteiger partial charge in [-0.05, 0) is 31.2 Å². The van der Waals surface area contributed by atoms with Crippen LogP contribution in [0.1, 0.15) is 31.2 Å². The van der Waals surface area contributed by atoms with Crippen LogP contribution >= 0.6 is 0 Å². The summed E-state index contributed by atoms with van der Waals surface area (Å²) >= 11 is 0. The van der Waals surface area contributed by atoms with Crippen LogP contribution in [0.25, 0.3) is 0 Å². The fraction of sp³-hybridized carbons (Fsp3) is 0.769. The first kappa shape index (κ1) is 13.5. The zero-order valence-corrected chi connectivity index (χ0v) is 11.4. The van der Waals surface area contributed by atoms with Crippen molar-refractivity contribution < 1.29 is 4.74 Å². The second-order valence-electron chi connectivity index (χ2n) is 5.14. The summed E-state index contributed by atoms with van der Waals surface area (Å²) in [7, 11) is 2.00. The predicted octanol–water partition coefficient (Wildman–Crippen LogP) is 0.784. The second-order valence-corrected chi connectivity index (χ2v) is 5.14. The molecule has 0 aromatic carbocycles. The molecule has 5 nitrogen and oxygen atoms in total. The van der Waals surface area contributed by atoms with Crippen molar-refractivity contribution in [3.63, 3.8) is 0 Å². The number of hydrogen-bond acceptors (Lipinski definition) is 4. The van der Waals surface area contributed by atoms with Crippen LogP contribution < -0.4 is 11.3 Å². The van der Waals surface area contributed by atoms with Crippen molar-refractivity contribution in [3.05, 3.63) is 17.5 Å². The lowest BCUT2D eigenvalue weighted by Gasteiger charge is -2.18. The summed E-state index contributed by atoms with van der Waals surface area (Å²) in [6.45, 7) is 3.90. The quantitative estimate of drug-likeness (QED) is 0.580. The largest absolute Gasteiger partial charge is 0.381 e. The molecule has 2 atom stereocenters. The van der Waals surface area contributed by atoms with E-state index in [0.29, 0.717) is 12.0 Å². The lowest BCUT2D eigenvalue weighted by atomic mass is 9.96. The highest BCUT2D eigenvalue weighted by atomic mass is 16.5. The molecule has 2 rings (SSSR count). The minimum absolute atomic E-state index is 0.303. The van der Waals surface area contributed by atoms with Crippen molar-refractivity contribution in [2.45, 2.75) is 38.6 Å². The Morgan fingerprint density at radius 1 is 1.67 bits per heavy atom. The molecule has 0 aliphatic carbocycles. The molecule has 1 fully saturated rings. The zero-order valence-electron chi connectivity index (χ0n) is 11.4. The molecule has 102 valence electrons. The molecule has 18 heavy (non-hydrogen) atoms. The number of nitrogens with zero attached hydrogens (tertiary/aromatic N) is 2. The average molecular weight is 252 g/mol. The van der Waals surface area contributed by atoms with Crippen molar-refractivity contribution in [1.82, 2.24) is 15.2 Å². The van der Waals surface area contributed by atoms with E-state index in [2.05, 4.69) is 23.5 Å². The van der Waals surface area contributed by atoms with Crippen molar-refractivity contribution in [2.75, 3.05) is 13.2 Å². The van der Waals surface area contributed by atoms with Crippen LogP contribution in [-0.2, 0) is 24.6 Å². The molecule has 0 spiro atoms. The SMILES string of the molecule is CCc1cc(CC(CC2CCOC2)NN)n(C)n1. The van der Waals surface area contributed by atoms with Gasteiger partial charge in [0.25, 0.3) is 0 Å². The van der Waals surface area contributed by atoms with Gasteiger partial charge in [-0.25, -0.2) is 0 Å². The molecule has 1 aliphatic heterocycles. The predicted molar refractivity (Wildman–Crippen MR) is 70.9 cm³/mol. The fourth-order valence-corrected chi connectivity index (χ4v) is 2.57. The maximum absolute atomic E-state index is 5.67. The Kier molecular flexibility index (Phi) is 4.74. The number of ether oxygens (including phenoxy) is 1. The first-order valence-electron chi connectivity index (χ1n) is 6.78. The summed E-state index contributed by atoms with van der Waals surface area (Å²) in [5.74, 6) is 6.31. The molecule has 3 N–H and O–H groups in total. The molecule has 2 heterocycles. The number of rotatable bonds is 6. The molecule has 5 heteroatoms. The third-order valence-corrected chi connectivity index (χ3v) is 3.72.